The summed E-state index contributed by atoms with van der Waals surface area (Å²) in [5, 5.41) is 8.87. The van der Waals surface area contributed by atoms with Crippen molar-refractivity contribution in [3.63, 3.8) is 0 Å². The van der Waals surface area contributed by atoms with E-state index in [1.165, 1.54) is 0 Å². The van der Waals surface area contributed by atoms with Crippen LogP contribution in [0.25, 0.3) is 0 Å². The van der Waals surface area contributed by atoms with E-state index in [9.17, 15) is 8.42 Å². The minimum absolute atomic E-state index is 0.0472. The molecule has 1 aromatic carbocycles. The summed E-state index contributed by atoms with van der Waals surface area (Å²) < 4.78 is 32.1. The summed E-state index contributed by atoms with van der Waals surface area (Å²) in [5.74, 6) is 0.902. The van der Waals surface area contributed by atoms with Crippen molar-refractivity contribution in [3.8, 4) is 11.8 Å². The minimum Gasteiger partial charge on any atom is -0.492 e. The SMILES string of the molecule is CCCS(=O)(=O)NC1CCN(CCOc2cccc(C#N)c2)CC1. The lowest BCUT2D eigenvalue weighted by atomic mass is 10.1. The lowest BCUT2D eigenvalue weighted by molar-refractivity contribution is 0.170. The zero-order valence-corrected chi connectivity index (χ0v) is 14.9. The molecule has 0 atom stereocenters. The van der Waals surface area contributed by atoms with E-state index in [-0.39, 0.29) is 11.8 Å². The molecule has 0 radical (unpaired) electrons. The molecule has 0 unspecified atom stereocenters. The summed E-state index contributed by atoms with van der Waals surface area (Å²) in [6.07, 6.45) is 2.29. The number of hydrogen-bond acceptors (Lipinski definition) is 5. The van der Waals surface area contributed by atoms with Gasteiger partial charge in [0.2, 0.25) is 10.0 Å². The van der Waals surface area contributed by atoms with Gasteiger partial charge in [0.15, 0.2) is 0 Å². The van der Waals surface area contributed by atoms with Crippen LogP contribution in [0, 0.1) is 11.3 Å². The number of hydrogen-bond donors (Lipinski definition) is 1. The first-order valence-corrected chi connectivity index (χ1v) is 10.0. The molecule has 1 aliphatic heterocycles. The molecule has 7 heteroatoms. The van der Waals surface area contributed by atoms with Crippen molar-refractivity contribution < 1.29 is 13.2 Å². The fourth-order valence-electron chi connectivity index (χ4n) is 2.80. The number of ether oxygens (including phenoxy) is 1. The zero-order chi connectivity index (χ0) is 17.4. The first-order chi connectivity index (χ1) is 11.5. The average Bonchev–Trinajstić information content (AvgIpc) is 2.56. The maximum atomic E-state index is 11.8. The van der Waals surface area contributed by atoms with Crippen LogP contribution in [0.5, 0.6) is 5.75 Å². The number of benzene rings is 1. The van der Waals surface area contributed by atoms with E-state index >= 15 is 0 Å². The fraction of sp³-hybridized carbons (Fsp3) is 0.588. The van der Waals surface area contributed by atoms with Crippen LogP contribution >= 0.6 is 0 Å². The second kappa shape index (κ2) is 9.02. The Morgan fingerprint density at radius 1 is 1.38 bits per heavy atom. The van der Waals surface area contributed by atoms with Gasteiger partial charge < -0.3 is 4.74 Å². The predicted octanol–water partition coefficient (Wildman–Crippen LogP) is 1.73. The molecular weight excluding hydrogens is 326 g/mol. The van der Waals surface area contributed by atoms with Crippen LogP contribution in [-0.2, 0) is 10.0 Å². The van der Waals surface area contributed by atoms with Gasteiger partial charge in [0.25, 0.3) is 0 Å². The van der Waals surface area contributed by atoms with Crippen molar-refractivity contribution >= 4 is 10.0 Å². The summed E-state index contributed by atoms with van der Waals surface area (Å²) in [6.45, 7) is 4.95. The Kier molecular flexibility index (Phi) is 7.03. The molecule has 0 aromatic heterocycles. The van der Waals surface area contributed by atoms with Gasteiger partial charge in [0.05, 0.1) is 17.4 Å². The van der Waals surface area contributed by atoms with E-state index in [4.69, 9.17) is 10.00 Å². The molecule has 132 valence electrons. The Morgan fingerprint density at radius 2 is 2.12 bits per heavy atom. The number of piperidine rings is 1. The largest absolute Gasteiger partial charge is 0.492 e. The molecule has 0 spiro atoms. The number of rotatable bonds is 8. The van der Waals surface area contributed by atoms with Gasteiger partial charge in [-0.05, 0) is 50.6 Å². The number of nitriles is 1. The molecule has 1 heterocycles. The van der Waals surface area contributed by atoms with Crippen LogP contribution in [0.1, 0.15) is 31.7 Å². The van der Waals surface area contributed by atoms with Gasteiger partial charge >= 0.3 is 0 Å². The zero-order valence-electron chi connectivity index (χ0n) is 14.1. The Morgan fingerprint density at radius 3 is 2.79 bits per heavy atom. The van der Waals surface area contributed by atoms with Crippen molar-refractivity contribution in [2.45, 2.75) is 32.2 Å². The molecule has 1 saturated heterocycles. The number of nitrogens with zero attached hydrogens (tertiary/aromatic N) is 2. The minimum atomic E-state index is -3.13. The molecule has 0 bridgehead atoms. The summed E-state index contributed by atoms with van der Waals surface area (Å²) in [5.41, 5.74) is 0.590. The van der Waals surface area contributed by atoms with Crippen LogP contribution in [0.15, 0.2) is 24.3 Å². The molecule has 6 nitrogen and oxygen atoms in total. The standard InChI is InChI=1S/C17H25N3O3S/c1-2-12-24(21,22)19-16-6-8-20(9-7-16)10-11-23-17-5-3-4-15(13-17)14-18/h3-5,13,16,19H,2,6-12H2,1H3. The van der Waals surface area contributed by atoms with Crippen molar-refractivity contribution in [2.75, 3.05) is 32.0 Å². The van der Waals surface area contributed by atoms with Crippen molar-refractivity contribution in [3.05, 3.63) is 29.8 Å². The molecule has 1 aliphatic rings. The van der Waals surface area contributed by atoms with Gasteiger partial charge in [-0.25, -0.2) is 13.1 Å². The van der Waals surface area contributed by atoms with Gasteiger partial charge in [0, 0.05) is 12.6 Å². The van der Waals surface area contributed by atoms with Gasteiger partial charge in [-0.15, -0.1) is 0 Å². The summed E-state index contributed by atoms with van der Waals surface area (Å²) in [7, 11) is -3.13. The Labute approximate surface area is 144 Å². The topological polar surface area (TPSA) is 82.4 Å². The molecule has 1 N–H and O–H groups in total. The molecule has 0 amide bonds. The van der Waals surface area contributed by atoms with Crippen LogP contribution < -0.4 is 9.46 Å². The van der Waals surface area contributed by atoms with E-state index < -0.39 is 10.0 Å². The number of nitrogens with one attached hydrogen (secondary N) is 1. The van der Waals surface area contributed by atoms with Crippen molar-refractivity contribution in [1.82, 2.24) is 9.62 Å². The van der Waals surface area contributed by atoms with Crippen LogP contribution in [0.2, 0.25) is 0 Å². The van der Waals surface area contributed by atoms with E-state index in [1.807, 2.05) is 19.1 Å². The molecule has 1 aromatic rings. The maximum Gasteiger partial charge on any atom is 0.211 e. The van der Waals surface area contributed by atoms with Gasteiger partial charge in [0.1, 0.15) is 12.4 Å². The van der Waals surface area contributed by atoms with E-state index in [0.717, 1.165) is 32.5 Å². The number of sulfonamides is 1. The van der Waals surface area contributed by atoms with Crippen LogP contribution in [-0.4, -0.2) is 51.4 Å². The summed E-state index contributed by atoms with van der Waals surface area (Å²) >= 11 is 0. The maximum absolute atomic E-state index is 11.8. The lowest BCUT2D eigenvalue weighted by Crippen LogP contribution is -2.46. The second-order valence-electron chi connectivity index (χ2n) is 6.04. The van der Waals surface area contributed by atoms with Gasteiger partial charge in [-0.3, -0.25) is 4.90 Å². The first kappa shape index (κ1) is 18.7. The summed E-state index contributed by atoms with van der Waals surface area (Å²) in [4.78, 5) is 2.28. The van der Waals surface area contributed by atoms with Crippen LogP contribution in [0.4, 0.5) is 0 Å². The van der Waals surface area contributed by atoms with Gasteiger partial charge in [-0.1, -0.05) is 13.0 Å². The highest BCUT2D eigenvalue weighted by molar-refractivity contribution is 7.89. The molecule has 24 heavy (non-hydrogen) atoms. The molecule has 1 fully saturated rings. The third-order valence-electron chi connectivity index (χ3n) is 4.05. The monoisotopic (exact) mass is 351 g/mol. The van der Waals surface area contributed by atoms with Crippen LogP contribution in [0.3, 0.4) is 0 Å². The lowest BCUT2D eigenvalue weighted by Gasteiger charge is -2.32. The normalized spacial score (nSPS) is 16.7. The Bertz CT molecular complexity index is 662. The highest BCUT2D eigenvalue weighted by Crippen LogP contribution is 2.14. The molecule has 0 saturated carbocycles. The third-order valence-corrected chi connectivity index (χ3v) is 5.68. The quantitative estimate of drug-likeness (QED) is 0.771. The van der Waals surface area contributed by atoms with E-state index in [2.05, 4.69) is 15.7 Å². The Balaban J connectivity index is 1.69. The average molecular weight is 351 g/mol. The van der Waals surface area contributed by atoms with Crippen molar-refractivity contribution in [1.29, 1.82) is 5.26 Å². The van der Waals surface area contributed by atoms with Gasteiger partial charge in [-0.2, -0.15) is 5.26 Å². The fourth-order valence-corrected chi connectivity index (χ4v) is 4.20. The first-order valence-electron chi connectivity index (χ1n) is 8.37. The van der Waals surface area contributed by atoms with E-state index in [0.29, 0.717) is 24.3 Å². The van der Waals surface area contributed by atoms with Crippen molar-refractivity contribution in [2.24, 2.45) is 0 Å². The van der Waals surface area contributed by atoms with E-state index in [1.54, 1.807) is 12.1 Å². The Hall–Kier alpha value is -1.62. The predicted molar refractivity (Wildman–Crippen MR) is 93.3 cm³/mol. The summed E-state index contributed by atoms with van der Waals surface area (Å²) in [6, 6.07) is 9.27. The highest BCUT2D eigenvalue weighted by Gasteiger charge is 2.22. The smallest absolute Gasteiger partial charge is 0.211 e. The molecular formula is C17H25N3O3S. The molecule has 0 aliphatic carbocycles. The second-order valence-corrected chi connectivity index (χ2v) is 7.91. The third kappa shape index (κ3) is 6.11. The highest BCUT2D eigenvalue weighted by atomic mass is 32.2. The molecule has 2 rings (SSSR count). The number of likely N-dealkylation sites (tertiary alicyclic amines) is 1.